The number of hydrogen-bond donors (Lipinski definition) is 1. The molecule has 7 nitrogen and oxygen atoms in total. The summed E-state index contributed by atoms with van der Waals surface area (Å²) >= 11 is 9.75. The Kier molecular flexibility index (Phi) is 12.2. The fourth-order valence-corrected chi connectivity index (χ4v) is 6.70. The van der Waals surface area contributed by atoms with Gasteiger partial charge in [-0.15, -0.1) is 0 Å². The van der Waals surface area contributed by atoms with Crippen LogP contribution in [0.1, 0.15) is 36.5 Å². The number of unbranched alkanes of at least 4 members (excludes halogenated alkanes) is 1. The van der Waals surface area contributed by atoms with Gasteiger partial charge < -0.3 is 10.2 Å². The van der Waals surface area contributed by atoms with Crippen molar-refractivity contribution >= 4 is 55.1 Å². The van der Waals surface area contributed by atoms with Gasteiger partial charge in [-0.05, 0) is 66.9 Å². The van der Waals surface area contributed by atoms with Crippen molar-refractivity contribution in [2.45, 2.75) is 50.6 Å². The van der Waals surface area contributed by atoms with Crippen LogP contribution in [0.2, 0.25) is 5.02 Å². The predicted octanol–water partition coefficient (Wildman–Crippen LogP) is 7.16. The molecule has 4 aromatic rings. The number of nitrogens with zero attached hydrogens (tertiary/aromatic N) is 2. The number of carbonyl (C=O) groups excluding carboxylic acids is 2. The van der Waals surface area contributed by atoms with E-state index in [1.165, 1.54) is 23.1 Å². The molecule has 236 valence electrons. The molecule has 0 radical (unpaired) electrons. The highest BCUT2D eigenvalue weighted by Gasteiger charge is 2.34. The first-order chi connectivity index (χ1) is 21.6. The minimum Gasteiger partial charge on any atom is -0.354 e. The van der Waals surface area contributed by atoms with Crippen LogP contribution in [0.25, 0.3) is 0 Å². The van der Waals surface area contributed by atoms with Crippen LogP contribution in [0.4, 0.5) is 5.69 Å². The van der Waals surface area contributed by atoms with Gasteiger partial charge in [0.25, 0.3) is 10.0 Å². The van der Waals surface area contributed by atoms with Gasteiger partial charge in [0.15, 0.2) is 0 Å². The molecule has 45 heavy (non-hydrogen) atoms. The molecular formula is C35H37BrClN3O4S. The number of hydrogen-bond acceptors (Lipinski definition) is 4. The van der Waals surface area contributed by atoms with Crippen molar-refractivity contribution in [2.24, 2.45) is 0 Å². The molecule has 1 atom stereocenters. The van der Waals surface area contributed by atoms with Crippen molar-refractivity contribution in [3.8, 4) is 0 Å². The number of aryl methyl sites for hydroxylation is 1. The molecular weight excluding hydrogens is 674 g/mol. The van der Waals surface area contributed by atoms with Gasteiger partial charge in [0.2, 0.25) is 11.8 Å². The maximum Gasteiger partial charge on any atom is 0.264 e. The Morgan fingerprint density at radius 1 is 0.889 bits per heavy atom. The van der Waals surface area contributed by atoms with E-state index in [0.717, 1.165) is 38.3 Å². The number of nitrogens with one attached hydrogen (secondary N) is 1. The summed E-state index contributed by atoms with van der Waals surface area (Å²) in [6.45, 7) is 3.93. The van der Waals surface area contributed by atoms with E-state index in [4.69, 9.17) is 11.6 Å². The first kappa shape index (κ1) is 34.2. The average molecular weight is 711 g/mol. The van der Waals surface area contributed by atoms with Crippen LogP contribution in [0, 0.1) is 6.92 Å². The quantitative estimate of drug-likeness (QED) is 0.141. The molecule has 0 aliphatic rings. The number of sulfonamides is 1. The Bertz CT molecular complexity index is 1680. The van der Waals surface area contributed by atoms with E-state index >= 15 is 0 Å². The lowest BCUT2D eigenvalue weighted by molar-refractivity contribution is -0.140. The van der Waals surface area contributed by atoms with Gasteiger partial charge in [0.1, 0.15) is 12.6 Å². The highest BCUT2D eigenvalue weighted by atomic mass is 79.9. The molecule has 0 saturated heterocycles. The number of benzene rings is 4. The third-order valence-corrected chi connectivity index (χ3v) is 9.90. The monoisotopic (exact) mass is 709 g/mol. The first-order valence-corrected chi connectivity index (χ1v) is 17.4. The number of halogens is 2. The molecule has 0 fully saturated rings. The maximum atomic E-state index is 14.5. The summed E-state index contributed by atoms with van der Waals surface area (Å²) in [5.41, 5.74) is 2.81. The molecule has 0 spiro atoms. The smallest absolute Gasteiger partial charge is 0.264 e. The van der Waals surface area contributed by atoms with E-state index in [-0.39, 0.29) is 29.5 Å². The molecule has 0 heterocycles. The molecule has 4 aromatic carbocycles. The summed E-state index contributed by atoms with van der Waals surface area (Å²) in [5, 5.41) is 3.33. The normalized spacial score (nSPS) is 11.9. The molecule has 0 saturated carbocycles. The summed E-state index contributed by atoms with van der Waals surface area (Å²) in [5.74, 6) is -0.825. The van der Waals surface area contributed by atoms with E-state index in [1.807, 2.05) is 68.4 Å². The Hall–Kier alpha value is -3.66. The number of carbonyl (C=O) groups is 2. The van der Waals surface area contributed by atoms with Crippen molar-refractivity contribution in [1.82, 2.24) is 10.2 Å². The van der Waals surface area contributed by atoms with Gasteiger partial charge in [-0.25, -0.2) is 8.42 Å². The lowest BCUT2D eigenvalue weighted by Crippen LogP contribution is -2.53. The van der Waals surface area contributed by atoms with Crippen molar-refractivity contribution in [1.29, 1.82) is 0 Å². The van der Waals surface area contributed by atoms with Crippen LogP contribution in [0.3, 0.4) is 0 Å². The van der Waals surface area contributed by atoms with Crippen LogP contribution in [-0.2, 0) is 32.6 Å². The third-order valence-electron chi connectivity index (χ3n) is 7.35. The Morgan fingerprint density at radius 3 is 2.22 bits per heavy atom. The molecule has 10 heteroatoms. The highest BCUT2D eigenvalue weighted by molar-refractivity contribution is 9.10. The fraction of sp³-hybridized carbons (Fsp3) is 0.257. The van der Waals surface area contributed by atoms with Crippen LogP contribution in [0.5, 0.6) is 0 Å². The summed E-state index contributed by atoms with van der Waals surface area (Å²) in [7, 11) is -4.20. The molecule has 0 bridgehead atoms. The second-order valence-electron chi connectivity index (χ2n) is 10.8. The van der Waals surface area contributed by atoms with E-state index in [1.54, 1.807) is 30.3 Å². The zero-order valence-electron chi connectivity index (χ0n) is 25.3. The van der Waals surface area contributed by atoms with Gasteiger partial charge >= 0.3 is 0 Å². The van der Waals surface area contributed by atoms with E-state index < -0.39 is 28.5 Å². The predicted molar refractivity (Wildman–Crippen MR) is 184 cm³/mol. The SMILES string of the molecule is CCCCNC(=O)C(Cc1ccccc1)N(Cc1ccc(Br)cc1)C(=O)CN(c1cccc(Cl)c1)S(=O)(=O)c1ccc(C)cc1. The van der Waals surface area contributed by atoms with E-state index in [0.29, 0.717) is 11.6 Å². The first-order valence-electron chi connectivity index (χ1n) is 14.8. The van der Waals surface area contributed by atoms with Gasteiger partial charge in [0.05, 0.1) is 10.6 Å². The molecule has 4 rings (SSSR count). The molecule has 0 aliphatic carbocycles. The Morgan fingerprint density at radius 2 is 1.58 bits per heavy atom. The van der Waals surface area contributed by atoms with Crippen LogP contribution in [-0.4, -0.2) is 44.3 Å². The zero-order chi connectivity index (χ0) is 32.4. The second-order valence-corrected chi connectivity index (χ2v) is 14.0. The average Bonchev–Trinajstić information content (AvgIpc) is 3.03. The van der Waals surface area contributed by atoms with E-state index in [2.05, 4.69) is 21.2 Å². The summed E-state index contributed by atoms with van der Waals surface area (Å²) in [6, 6.07) is 28.9. The summed E-state index contributed by atoms with van der Waals surface area (Å²) in [4.78, 5) is 29.8. The second kappa shape index (κ2) is 16.1. The standard InChI is InChI=1S/C35H37BrClN3O4S/c1-3-4-21-38-35(42)33(22-27-9-6-5-7-10-27)39(24-28-15-17-29(36)18-16-28)34(41)25-40(31-12-8-11-30(37)23-31)45(43,44)32-19-13-26(2)14-20-32/h5-20,23,33H,3-4,21-22,24-25H2,1-2H3,(H,38,42). The van der Waals surface area contributed by atoms with Crippen LogP contribution in [0.15, 0.2) is 112 Å². The molecule has 1 unspecified atom stereocenters. The molecule has 0 aromatic heterocycles. The number of anilines is 1. The lowest BCUT2D eigenvalue weighted by atomic mass is 10.0. The Labute approximate surface area is 279 Å². The largest absolute Gasteiger partial charge is 0.354 e. The van der Waals surface area contributed by atoms with Gasteiger partial charge in [-0.2, -0.15) is 0 Å². The minimum absolute atomic E-state index is 0.0403. The third kappa shape index (κ3) is 9.42. The number of rotatable bonds is 14. The van der Waals surface area contributed by atoms with Crippen molar-refractivity contribution in [3.05, 3.63) is 129 Å². The van der Waals surface area contributed by atoms with Crippen molar-refractivity contribution in [3.63, 3.8) is 0 Å². The summed E-state index contributed by atoms with van der Waals surface area (Å²) < 4.78 is 30.2. The number of amides is 2. The molecule has 1 N–H and O–H groups in total. The van der Waals surface area contributed by atoms with Crippen molar-refractivity contribution < 1.29 is 18.0 Å². The summed E-state index contributed by atoms with van der Waals surface area (Å²) in [6.07, 6.45) is 1.95. The van der Waals surface area contributed by atoms with E-state index in [9.17, 15) is 18.0 Å². The van der Waals surface area contributed by atoms with Crippen LogP contribution < -0.4 is 9.62 Å². The van der Waals surface area contributed by atoms with Crippen molar-refractivity contribution in [2.75, 3.05) is 17.4 Å². The lowest BCUT2D eigenvalue weighted by Gasteiger charge is -2.34. The maximum absolute atomic E-state index is 14.5. The van der Waals surface area contributed by atoms with Gasteiger partial charge in [-0.3, -0.25) is 13.9 Å². The topological polar surface area (TPSA) is 86.8 Å². The fourth-order valence-electron chi connectivity index (χ4n) is 4.84. The van der Waals surface area contributed by atoms with Gasteiger partial charge in [-0.1, -0.05) is 107 Å². The molecule has 2 amide bonds. The van der Waals surface area contributed by atoms with Crippen LogP contribution >= 0.6 is 27.5 Å². The van der Waals surface area contributed by atoms with Gasteiger partial charge in [0, 0.05) is 29.0 Å². The minimum atomic E-state index is -4.20. The Balaban J connectivity index is 1.78. The zero-order valence-corrected chi connectivity index (χ0v) is 28.5. The molecule has 0 aliphatic heterocycles. The highest BCUT2D eigenvalue weighted by Crippen LogP contribution is 2.27.